The van der Waals surface area contributed by atoms with E-state index in [-0.39, 0.29) is 11.3 Å². The van der Waals surface area contributed by atoms with Gasteiger partial charge in [-0.05, 0) is 28.7 Å². The average molecular weight is 318 g/mol. The van der Waals surface area contributed by atoms with Gasteiger partial charge < -0.3 is 4.18 Å². The quantitative estimate of drug-likeness (QED) is 0.793. The summed E-state index contributed by atoms with van der Waals surface area (Å²) < 4.78 is 27.3. The molecule has 0 amide bonds. The molecule has 0 saturated carbocycles. The maximum Gasteiger partial charge on any atom is 0.306 e. The predicted molar refractivity (Wildman–Crippen MR) is 89.7 cm³/mol. The Bertz CT molecular complexity index is 711. The van der Waals surface area contributed by atoms with E-state index >= 15 is 0 Å². The summed E-state index contributed by atoms with van der Waals surface area (Å²) in [6.45, 7) is 6.60. The second-order valence-electron chi connectivity index (χ2n) is 6.57. The van der Waals surface area contributed by atoms with Gasteiger partial charge >= 0.3 is 10.1 Å². The molecule has 2 aromatic carbocycles. The lowest BCUT2D eigenvalue weighted by Gasteiger charge is -2.31. The number of hydrogen-bond donors (Lipinski definition) is 0. The Kier molecular flexibility index (Phi) is 4.61. The smallest absolute Gasteiger partial charge is 0.306 e. The molecule has 3 nitrogen and oxygen atoms in total. The highest BCUT2D eigenvalue weighted by molar-refractivity contribution is 7.86. The molecular weight excluding hydrogens is 296 g/mol. The van der Waals surface area contributed by atoms with Gasteiger partial charge in [-0.1, -0.05) is 63.2 Å². The van der Waals surface area contributed by atoms with Crippen LogP contribution in [-0.4, -0.2) is 14.7 Å². The van der Waals surface area contributed by atoms with Crippen molar-refractivity contribution >= 4 is 10.1 Å². The van der Waals surface area contributed by atoms with E-state index in [1.807, 2.05) is 30.3 Å². The summed E-state index contributed by atoms with van der Waals surface area (Å²) in [5.41, 5.74) is 2.42. The van der Waals surface area contributed by atoms with Crippen LogP contribution in [0.1, 0.15) is 37.8 Å². The van der Waals surface area contributed by atoms with E-state index in [1.54, 1.807) is 12.1 Å². The predicted octanol–water partition coefficient (Wildman–Crippen LogP) is 4.20. The van der Waals surface area contributed by atoms with Gasteiger partial charge in [0.05, 0.1) is 6.26 Å². The molecule has 118 valence electrons. The molecule has 2 rings (SSSR count). The highest BCUT2D eigenvalue weighted by Crippen LogP contribution is 2.40. The molecule has 0 saturated heterocycles. The average Bonchev–Trinajstić information content (AvgIpc) is 2.39. The topological polar surface area (TPSA) is 43.4 Å². The fourth-order valence-corrected chi connectivity index (χ4v) is 3.19. The molecule has 0 heterocycles. The first-order valence-corrected chi connectivity index (χ1v) is 9.03. The molecule has 0 aliphatic heterocycles. The van der Waals surface area contributed by atoms with E-state index in [9.17, 15) is 8.42 Å². The summed E-state index contributed by atoms with van der Waals surface area (Å²) in [6.07, 6.45) is 1.04. The summed E-state index contributed by atoms with van der Waals surface area (Å²) in [7, 11) is -3.49. The maximum atomic E-state index is 11.2. The van der Waals surface area contributed by atoms with Crippen molar-refractivity contribution in [2.45, 2.75) is 26.7 Å². The van der Waals surface area contributed by atoms with E-state index < -0.39 is 10.1 Å². The zero-order chi connectivity index (χ0) is 16.4. The van der Waals surface area contributed by atoms with E-state index in [4.69, 9.17) is 4.18 Å². The third kappa shape index (κ3) is 4.34. The summed E-state index contributed by atoms with van der Waals surface area (Å²) >= 11 is 0. The van der Waals surface area contributed by atoms with E-state index in [1.165, 1.54) is 5.56 Å². The van der Waals surface area contributed by atoms with Gasteiger partial charge in [0.1, 0.15) is 5.75 Å². The fraction of sp³-hybridized carbons (Fsp3) is 0.333. The van der Waals surface area contributed by atoms with Crippen LogP contribution in [0.5, 0.6) is 5.75 Å². The van der Waals surface area contributed by atoms with Gasteiger partial charge in [-0.25, -0.2) is 0 Å². The normalized spacial score (nSPS) is 13.6. The molecule has 0 spiro atoms. The van der Waals surface area contributed by atoms with Crippen molar-refractivity contribution in [1.82, 2.24) is 0 Å². The number of rotatable bonds is 4. The Hall–Kier alpha value is -1.81. The number of benzene rings is 2. The molecule has 0 bridgehead atoms. The third-order valence-corrected chi connectivity index (χ3v) is 3.96. The summed E-state index contributed by atoms with van der Waals surface area (Å²) in [6, 6.07) is 17.6. The zero-order valence-corrected chi connectivity index (χ0v) is 14.2. The van der Waals surface area contributed by atoms with Gasteiger partial charge in [0, 0.05) is 5.92 Å². The first-order valence-electron chi connectivity index (χ1n) is 7.21. The zero-order valence-electron chi connectivity index (χ0n) is 13.4. The van der Waals surface area contributed by atoms with Crippen LogP contribution >= 0.6 is 0 Å². The molecule has 0 aromatic heterocycles. The molecule has 0 N–H and O–H groups in total. The van der Waals surface area contributed by atoms with Crippen LogP contribution in [0.4, 0.5) is 0 Å². The maximum absolute atomic E-state index is 11.2. The van der Waals surface area contributed by atoms with Gasteiger partial charge in [-0.3, -0.25) is 0 Å². The highest BCUT2D eigenvalue weighted by Gasteiger charge is 2.27. The van der Waals surface area contributed by atoms with Crippen LogP contribution in [0.3, 0.4) is 0 Å². The van der Waals surface area contributed by atoms with Gasteiger partial charge in [0.25, 0.3) is 0 Å². The Morgan fingerprint density at radius 2 is 1.36 bits per heavy atom. The van der Waals surface area contributed by atoms with Crippen LogP contribution < -0.4 is 4.18 Å². The Morgan fingerprint density at radius 1 is 0.864 bits per heavy atom. The number of hydrogen-bond acceptors (Lipinski definition) is 3. The van der Waals surface area contributed by atoms with E-state index in [0.29, 0.717) is 5.75 Å². The largest absolute Gasteiger partial charge is 0.383 e. The molecule has 0 fully saturated rings. The Balaban J connectivity index is 2.38. The minimum atomic E-state index is -3.49. The van der Waals surface area contributed by atoms with Crippen LogP contribution in [0.25, 0.3) is 0 Å². The van der Waals surface area contributed by atoms with Gasteiger partial charge in [-0.15, -0.1) is 0 Å². The van der Waals surface area contributed by atoms with Gasteiger partial charge in [0.2, 0.25) is 0 Å². The lowest BCUT2D eigenvalue weighted by Crippen LogP contribution is -2.19. The SMILES string of the molecule is CC(C)(C)C(c1ccccc1)c1ccc(OS(C)(=O)=O)cc1. The van der Waals surface area contributed by atoms with Crippen LogP contribution in [0, 0.1) is 5.41 Å². The van der Waals surface area contributed by atoms with Crippen molar-refractivity contribution in [3.63, 3.8) is 0 Å². The molecule has 1 unspecified atom stereocenters. The van der Waals surface area contributed by atoms with Gasteiger partial charge in [0.15, 0.2) is 0 Å². The van der Waals surface area contributed by atoms with Crippen molar-refractivity contribution in [2.24, 2.45) is 5.41 Å². The molecule has 4 heteroatoms. The van der Waals surface area contributed by atoms with Crippen molar-refractivity contribution in [3.05, 3.63) is 65.7 Å². The lowest BCUT2D eigenvalue weighted by molar-refractivity contribution is 0.358. The molecule has 1 atom stereocenters. The Labute approximate surface area is 133 Å². The highest BCUT2D eigenvalue weighted by atomic mass is 32.2. The standard InChI is InChI=1S/C18H22O3S/c1-18(2,3)17(14-8-6-5-7-9-14)15-10-12-16(13-11-15)21-22(4,19)20/h5-13,17H,1-4H3. The van der Waals surface area contributed by atoms with E-state index in [0.717, 1.165) is 11.8 Å². The minimum absolute atomic E-state index is 0.0422. The molecule has 0 aliphatic carbocycles. The molecule has 0 aliphatic rings. The van der Waals surface area contributed by atoms with Crippen molar-refractivity contribution in [3.8, 4) is 5.75 Å². The first-order chi connectivity index (χ1) is 10.2. The first kappa shape index (κ1) is 16.6. The van der Waals surface area contributed by atoms with Crippen molar-refractivity contribution < 1.29 is 12.6 Å². The molecular formula is C18H22O3S. The van der Waals surface area contributed by atoms with E-state index in [2.05, 4.69) is 32.9 Å². The fourth-order valence-electron chi connectivity index (χ4n) is 2.73. The summed E-state index contributed by atoms with van der Waals surface area (Å²) in [5.74, 6) is 0.563. The second-order valence-corrected chi connectivity index (χ2v) is 8.14. The van der Waals surface area contributed by atoms with Gasteiger partial charge in [-0.2, -0.15) is 8.42 Å². The lowest BCUT2D eigenvalue weighted by atomic mass is 9.72. The third-order valence-electron chi connectivity index (χ3n) is 3.46. The second kappa shape index (κ2) is 6.13. The van der Waals surface area contributed by atoms with Crippen molar-refractivity contribution in [1.29, 1.82) is 0 Å². The summed E-state index contributed by atoms with van der Waals surface area (Å²) in [4.78, 5) is 0. The minimum Gasteiger partial charge on any atom is -0.383 e. The van der Waals surface area contributed by atoms with Crippen LogP contribution in [0.2, 0.25) is 0 Å². The molecule has 2 aromatic rings. The monoisotopic (exact) mass is 318 g/mol. The molecule has 0 radical (unpaired) electrons. The Morgan fingerprint density at radius 3 is 1.82 bits per heavy atom. The summed E-state index contributed by atoms with van der Waals surface area (Å²) in [5, 5.41) is 0. The van der Waals surface area contributed by atoms with Crippen LogP contribution in [0.15, 0.2) is 54.6 Å². The van der Waals surface area contributed by atoms with Crippen molar-refractivity contribution in [2.75, 3.05) is 6.26 Å². The van der Waals surface area contributed by atoms with Crippen LogP contribution in [-0.2, 0) is 10.1 Å². The molecule has 22 heavy (non-hydrogen) atoms.